The molecule has 0 spiro atoms. The fourth-order valence-electron chi connectivity index (χ4n) is 2.03. The van der Waals surface area contributed by atoms with E-state index >= 15 is 0 Å². The fourth-order valence-corrected chi connectivity index (χ4v) is 2.79. The summed E-state index contributed by atoms with van der Waals surface area (Å²) >= 11 is 1.66. The van der Waals surface area contributed by atoms with Gasteiger partial charge < -0.3 is 10.3 Å². The van der Waals surface area contributed by atoms with Crippen molar-refractivity contribution in [2.75, 3.05) is 0 Å². The molecule has 19 heavy (non-hydrogen) atoms. The molecule has 2 heterocycles. The molecule has 0 saturated carbocycles. The fraction of sp³-hybridized carbons (Fsp3) is 0.400. The zero-order valence-electron chi connectivity index (χ0n) is 11.4. The molecule has 102 valence electrons. The maximum atomic E-state index is 12.4. The number of thiophene rings is 1. The average Bonchev–Trinajstić information content (AvgIpc) is 2.90. The van der Waals surface area contributed by atoms with Crippen molar-refractivity contribution in [1.82, 2.24) is 4.57 Å². The average molecular weight is 276 g/mol. The molecule has 4 heteroatoms. The second-order valence-electron chi connectivity index (χ2n) is 5.06. The molecule has 0 unspecified atom stereocenters. The molecule has 0 aliphatic carbocycles. The van der Waals surface area contributed by atoms with Crippen LogP contribution in [0.5, 0.6) is 0 Å². The van der Waals surface area contributed by atoms with Gasteiger partial charge in [0.05, 0.1) is 10.6 Å². The van der Waals surface area contributed by atoms with Gasteiger partial charge in [-0.1, -0.05) is 26.0 Å². The van der Waals surface area contributed by atoms with Crippen LogP contribution in [0.15, 0.2) is 34.4 Å². The number of hydrogen-bond acceptors (Lipinski definition) is 3. The molecule has 2 N–H and O–H groups in total. The molecule has 0 saturated heterocycles. The van der Waals surface area contributed by atoms with Crippen molar-refractivity contribution >= 4 is 11.3 Å². The van der Waals surface area contributed by atoms with Gasteiger partial charge in [-0.15, -0.1) is 11.3 Å². The van der Waals surface area contributed by atoms with Gasteiger partial charge in [0.2, 0.25) is 0 Å². The van der Waals surface area contributed by atoms with Crippen molar-refractivity contribution in [3.8, 4) is 10.6 Å². The van der Waals surface area contributed by atoms with Gasteiger partial charge in [-0.2, -0.15) is 0 Å². The topological polar surface area (TPSA) is 48.0 Å². The predicted molar refractivity (Wildman–Crippen MR) is 81.4 cm³/mol. The van der Waals surface area contributed by atoms with Crippen LogP contribution in [0.2, 0.25) is 0 Å². The molecule has 0 fully saturated rings. The quantitative estimate of drug-likeness (QED) is 0.912. The smallest absolute Gasteiger partial charge is 0.255 e. The zero-order valence-corrected chi connectivity index (χ0v) is 12.2. The highest BCUT2D eigenvalue weighted by molar-refractivity contribution is 7.13. The minimum absolute atomic E-state index is 0.0500. The Hall–Kier alpha value is -1.39. The van der Waals surface area contributed by atoms with Gasteiger partial charge in [0, 0.05) is 18.7 Å². The highest BCUT2D eigenvalue weighted by atomic mass is 32.1. The summed E-state index contributed by atoms with van der Waals surface area (Å²) in [5.74, 6) is 0.574. The number of pyridine rings is 1. The summed E-state index contributed by atoms with van der Waals surface area (Å²) in [6, 6.07) is 7.92. The Morgan fingerprint density at radius 2 is 2.11 bits per heavy atom. The molecule has 2 aromatic rings. The molecule has 0 aromatic carbocycles. The zero-order chi connectivity index (χ0) is 13.8. The molecule has 0 aliphatic heterocycles. The lowest BCUT2D eigenvalue weighted by Crippen LogP contribution is -2.27. The molecule has 0 bridgehead atoms. The Morgan fingerprint density at radius 1 is 1.32 bits per heavy atom. The van der Waals surface area contributed by atoms with E-state index in [0.29, 0.717) is 18.0 Å². The Balaban J connectivity index is 2.48. The standard InChI is InChI=1S/C15H20N2OS/c1-11(2)7-8-17-13(14-4-3-9-19-14)6-5-12(10-16)15(17)18/h3-6,9,11H,7-8,10,16H2,1-2H3. The van der Waals surface area contributed by atoms with Crippen LogP contribution in [0.3, 0.4) is 0 Å². The predicted octanol–water partition coefficient (Wildman–Crippen LogP) is 3.08. The van der Waals surface area contributed by atoms with Gasteiger partial charge in [-0.3, -0.25) is 4.79 Å². The van der Waals surface area contributed by atoms with E-state index in [-0.39, 0.29) is 5.56 Å². The molecule has 2 rings (SSSR count). The van der Waals surface area contributed by atoms with E-state index in [1.54, 1.807) is 11.3 Å². The third kappa shape index (κ3) is 3.14. The van der Waals surface area contributed by atoms with Crippen molar-refractivity contribution in [3.05, 3.63) is 45.6 Å². The van der Waals surface area contributed by atoms with Crippen molar-refractivity contribution in [1.29, 1.82) is 0 Å². The molecular weight excluding hydrogens is 256 g/mol. The number of nitrogens with zero attached hydrogens (tertiary/aromatic N) is 1. The Kier molecular flexibility index (Phi) is 4.56. The summed E-state index contributed by atoms with van der Waals surface area (Å²) in [6.07, 6.45) is 0.992. The number of rotatable bonds is 5. The van der Waals surface area contributed by atoms with E-state index in [9.17, 15) is 4.79 Å². The first-order valence-electron chi connectivity index (χ1n) is 6.60. The summed E-state index contributed by atoms with van der Waals surface area (Å²) in [6.45, 7) is 5.38. The van der Waals surface area contributed by atoms with Crippen molar-refractivity contribution in [2.45, 2.75) is 33.4 Å². The van der Waals surface area contributed by atoms with Crippen molar-refractivity contribution in [2.24, 2.45) is 11.7 Å². The SMILES string of the molecule is CC(C)CCn1c(-c2cccs2)ccc(CN)c1=O. The lowest BCUT2D eigenvalue weighted by Gasteiger charge is -2.14. The van der Waals surface area contributed by atoms with Gasteiger partial charge in [0.1, 0.15) is 0 Å². The van der Waals surface area contributed by atoms with Crippen molar-refractivity contribution in [3.63, 3.8) is 0 Å². The third-order valence-corrected chi connectivity index (χ3v) is 4.07. The van der Waals surface area contributed by atoms with E-state index in [4.69, 9.17) is 5.73 Å². The molecule has 0 radical (unpaired) electrons. The highest BCUT2D eigenvalue weighted by Gasteiger charge is 2.10. The third-order valence-electron chi connectivity index (χ3n) is 3.18. The summed E-state index contributed by atoms with van der Waals surface area (Å²) in [4.78, 5) is 13.5. The molecule has 2 aromatic heterocycles. The monoisotopic (exact) mass is 276 g/mol. The number of nitrogens with two attached hydrogens (primary N) is 1. The summed E-state index contributed by atoms with van der Waals surface area (Å²) in [5, 5.41) is 2.03. The van der Waals surface area contributed by atoms with Crippen LogP contribution in [0.4, 0.5) is 0 Å². The van der Waals surface area contributed by atoms with E-state index in [1.807, 2.05) is 34.2 Å². The van der Waals surface area contributed by atoms with Gasteiger partial charge in [-0.05, 0) is 29.9 Å². The minimum atomic E-state index is 0.0500. The van der Waals surface area contributed by atoms with E-state index in [0.717, 1.165) is 23.5 Å². The molecule has 0 amide bonds. The maximum Gasteiger partial charge on any atom is 0.255 e. The molecular formula is C15H20N2OS. The second kappa shape index (κ2) is 6.17. The van der Waals surface area contributed by atoms with Crippen LogP contribution in [-0.4, -0.2) is 4.57 Å². The van der Waals surface area contributed by atoms with Gasteiger partial charge in [0.25, 0.3) is 5.56 Å². The molecule has 0 aliphatic rings. The lowest BCUT2D eigenvalue weighted by atomic mass is 10.1. The van der Waals surface area contributed by atoms with Gasteiger partial charge in [0.15, 0.2) is 0 Å². The first-order valence-corrected chi connectivity index (χ1v) is 7.48. The molecule has 3 nitrogen and oxygen atoms in total. The number of hydrogen-bond donors (Lipinski definition) is 1. The van der Waals surface area contributed by atoms with E-state index in [1.165, 1.54) is 0 Å². The first-order chi connectivity index (χ1) is 9.13. The van der Waals surface area contributed by atoms with Crippen LogP contribution < -0.4 is 11.3 Å². The Labute approximate surface area is 117 Å². The summed E-state index contributed by atoms with van der Waals surface area (Å²) in [5.41, 5.74) is 7.37. The first kappa shape index (κ1) is 14.0. The van der Waals surface area contributed by atoms with Crippen LogP contribution in [0.25, 0.3) is 10.6 Å². The lowest BCUT2D eigenvalue weighted by molar-refractivity contribution is 0.509. The number of aromatic nitrogens is 1. The van der Waals surface area contributed by atoms with Gasteiger partial charge >= 0.3 is 0 Å². The summed E-state index contributed by atoms with van der Waals surface area (Å²) < 4.78 is 1.87. The highest BCUT2D eigenvalue weighted by Crippen LogP contribution is 2.24. The normalized spacial score (nSPS) is 11.2. The van der Waals surface area contributed by atoms with E-state index < -0.39 is 0 Å². The van der Waals surface area contributed by atoms with Crippen LogP contribution in [0.1, 0.15) is 25.8 Å². The second-order valence-corrected chi connectivity index (χ2v) is 6.01. The Morgan fingerprint density at radius 3 is 2.68 bits per heavy atom. The van der Waals surface area contributed by atoms with Crippen LogP contribution in [-0.2, 0) is 13.1 Å². The van der Waals surface area contributed by atoms with Crippen LogP contribution >= 0.6 is 11.3 Å². The van der Waals surface area contributed by atoms with Gasteiger partial charge in [-0.25, -0.2) is 0 Å². The minimum Gasteiger partial charge on any atom is -0.326 e. The Bertz CT molecular complexity index is 585. The van der Waals surface area contributed by atoms with E-state index in [2.05, 4.69) is 13.8 Å². The largest absolute Gasteiger partial charge is 0.326 e. The maximum absolute atomic E-state index is 12.4. The van der Waals surface area contributed by atoms with Crippen LogP contribution in [0, 0.1) is 5.92 Å². The van der Waals surface area contributed by atoms with Crippen molar-refractivity contribution < 1.29 is 0 Å². The molecule has 0 atom stereocenters. The summed E-state index contributed by atoms with van der Waals surface area (Å²) in [7, 11) is 0.